The van der Waals surface area contributed by atoms with Gasteiger partial charge in [-0.3, -0.25) is 4.79 Å². The third-order valence-electron chi connectivity index (χ3n) is 2.55. The fourth-order valence-corrected chi connectivity index (χ4v) is 1.57. The van der Waals surface area contributed by atoms with E-state index in [1.54, 1.807) is 24.3 Å². The van der Waals surface area contributed by atoms with Gasteiger partial charge in [-0.15, -0.1) is 0 Å². The lowest BCUT2D eigenvalue weighted by Gasteiger charge is -2.07. The smallest absolute Gasteiger partial charge is 0.150 e. The molecule has 0 radical (unpaired) electrons. The van der Waals surface area contributed by atoms with Gasteiger partial charge in [0.05, 0.1) is 6.61 Å². The molecule has 0 aliphatic carbocycles. The quantitative estimate of drug-likeness (QED) is 0.730. The minimum absolute atomic E-state index is 0.635. The maximum Gasteiger partial charge on any atom is 0.150 e. The van der Waals surface area contributed by atoms with Crippen molar-refractivity contribution >= 4 is 6.29 Å². The molecule has 0 atom stereocenters. The third-order valence-corrected chi connectivity index (χ3v) is 2.55. The molecule has 0 saturated carbocycles. The first kappa shape index (κ1) is 13.1. The van der Waals surface area contributed by atoms with Crippen LogP contribution in [-0.4, -0.2) is 12.9 Å². The number of ether oxygens (including phenoxy) is 2. The Bertz CT molecular complexity index is 515. The molecule has 2 aromatic carbocycles. The second kappa shape index (κ2) is 6.59. The lowest BCUT2D eigenvalue weighted by atomic mass is 10.2. The average molecular weight is 256 g/mol. The molecule has 98 valence electrons. The summed E-state index contributed by atoms with van der Waals surface area (Å²) in [5, 5.41) is 0. The van der Waals surface area contributed by atoms with Gasteiger partial charge >= 0.3 is 0 Å². The Morgan fingerprint density at radius 3 is 1.95 bits per heavy atom. The highest BCUT2D eigenvalue weighted by Gasteiger charge is 1.99. The molecule has 2 rings (SSSR count). The number of benzene rings is 2. The van der Waals surface area contributed by atoms with Gasteiger partial charge in [-0.05, 0) is 55.0 Å². The van der Waals surface area contributed by atoms with Crippen LogP contribution < -0.4 is 9.47 Å². The molecule has 2 aromatic rings. The van der Waals surface area contributed by atoms with Crippen LogP contribution in [-0.2, 0) is 0 Å². The minimum atomic E-state index is 0.635. The van der Waals surface area contributed by atoms with Crippen LogP contribution in [0.15, 0.2) is 48.5 Å². The highest BCUT2D eigenvalue weighted by atomic mass is 16.5. The summed E-state index contributed by atoms with van der Waals surface area (Å²) in [6, 6.07) is 14.5. The molecule has 0 N–H and O–H groups in total. The van der Waals surface area contributed by atoms with Gasteiger partial charge in [0, 0.05) is 5.56 Å². The predicted octanol–water partition coefficient (Wildman–Crippen LogP) is 4.08. The first-order valence-corrected chi connectivity index (χ1v) is 6.28. The topological polar surface area (TPSA) is 35.5 Å². The predicted molar refractivity (Wildman–Crippen MR) is 74.1 cm³/mol. The molecule has 3 nitrogen and oxygen atoms in total. The highest BCUT2D eigenvalue weighted by molar-refractivity contribution is 5.74. The van der Waals surface area contributed by atoms with Crippen LogP contribution >= 0.6 is 0 Å². The van der Waals surface area contributed by atoms with Crippen molar-refractivity contribution in [3.05, 3.63) is 54.1 Å². The highest BCUT2D eigenvalue weighted by Crippen LogP contribution is 2.24. The Balaban J connectivity index is 1.99. The van der Waals surface area contributed by atoms with E-state index in [0.717, 1.165) is 24.2 Å². The molecule has 0 heterocycles. The van der Waals surface area contributed by atoms with Crippen LogP contribution in [0.3, 0.4) is 0 Å². The summed E-state index contributed by atoms with van der Waals surface area (Å²) in [4.78, 5) is 10.5. The lowest BCUT2D eigenvalue weighted by Crippen LogP contribution is -1.94. The SMILES string of the molecule is CCCOc1ccc(Oc2ccc(C=O)cc2)cc1. The molecule has 0 amide bonds. The molecule has 0 aliphatic heterocycles. The molecule has 19 heavy (non-hydrogen) atoms. The van der Waals surface area contributed by atoms with Gasteiger partial charge in [0.2, 0.25) is 0 Å². The van der Waals surface area contributed by atoms with E-state index in [0.29, 0.717) is 17.9 Å². The van der Waals surface area contributed by atoms with E-state index in [4.69, 9.17) is 9.47 Å². The first-order valence-electron chi connectivity index (χ1n) is 6.28. The van der Waals surface area contributed by atoms with Gasteiger partial charge in [0.25, 0.3) is 0 Å². The van der Waals surface area contributed by atoms with Gasteiger partial charge in [-0.25, -0.2) is 0 Å². The fraction of sp³-hybridized carbons (Fsp3) is 0.188. The Morgan fingerprint density at radius 1 is 0.895 bits per heavy atom. The van der Waals surface area contributed by atoms with E-state index >= 15 is 0 Å². The third kappa shape index (κ3) is 3.85. The summed E-state index contributed by atoms with van der Waals surface area (Å²) in [5.74, 6) is 2.28. The van der Waals surface area contributed by atoms with Crippen molar-refractivity contribution in [3.8, 4) is 17.2 Å². The van der Waals surface area contributed by atoms with E-state index in [9.17, 15) is 4.79 Å². The van der Waals surface area contributed by atoms with Crippen LogP contribution in [0.2, 0.25) is 0 Å². The van der Waals surface area contributed by atoms with Gasteiger partial charge in [0.1, 0.15) is 23.5 Å². The Morgan fingerprint density at radius 2 is 1.42 bits per heavy atom. The number of hydrogen-bond acceptors (Lipinski definition) is 3. The number of rotatable bonds is 6. The fourth-order valence-electron chi connectivity index (χ4n) is 1.57. The second-order valence-electron chi connectivity index (χ2n) is 4.11. The molecule has 0 bridgehead atoms. The first-order chi connectivity index (χ1) is 9.31. The van der Waals surface area contributed by atoms with E-state index < -0.39 is 0 Å². The van der Waals surface area contributed by atoms with Crippen molar-refractivity contribution in [1.82, 2.24) is 0 Å². The van der Waals surface area contributed by atoms with Crippen molar-refractivity contribution in [2.45, 2.75) is 13.3 Å². The molecule has 0 aromatic heterocycles. The summed E-state index contributed by atoms with van der Waals surface area (Å²) in [7, 11) is 0. The summed E-state index contributed by atoms with van der Waals surface area (Å²) in [5.41, 5.74) is 0.635. The zero-order chi connectivity index (χ0) is 13.5. The van der Waals surface area contributed by atoms with E-state index in [1.165, 1.54) is 0 Å². The van der Waals surface area contributed by atoms with E-state index in [-0.39, 0.29) is 0 Å². The summed E-state index contributed by atoms with van der Waals surface area (Å²) < 4.78 is 11.2. The van der Waals surface area contributed by atoms with Gasteiger partial charge < -0.3 is 9.47 Å². The van der Waals surface area contributed by atoms with Crippen LogP contribution in [0.4, 0.5) is 0 Å². The van der Waals surface area contributed by atoms with E-state index in [2.05, 4.69) is 6.92 Å². The van der Waals surface area contributed by atoms with Crippen molar-refractivity contribution in [2.24, 2.45) is 0 Å². The van der Waals surface area contributed by atoms with Crippen molar-refractivity contribution in [3.63, 3.8) is 0 Å². The minimum Gasteiger partial charge on any atom is -0.494 e. The number of hydrogen-bond donors (Lipinski definition) is 0. The second-order valence-corrected chi connectivity index (χ2v) is 4.11. The number of carbonyl (C=O) groups is 1. The Kier molecular flexibility index (Phi) is 4.56. The van der Waals surface area contributed by atoms with Crippen molar-refractivity contribution in [1.29, 1.82) is 0 Å². The zero-order valence-electron chi connectivity index (χ0n) is 10.8. The van der Waals surface area contributed by atoms with Crippen LogP contribution in [0, 0.1) is 0 Å². The summed E-state index contributed by atoms with van der Waals surface area (Å²) in [6.45, 7) is 2.79. The maximum atomic E-state index is 10.5. The largest absolute Gasteiger partial charge is 0.494 e. The molecular weight excluding hydrogens is 240 g/mol. The molecule has 0 saturated heterocycles. The monoisotopic (exact) mass is 256 g/mol. The van der Waals surface area contributed by atoms with Gasteiger partial charge in [0.15, 0.2) is 0 Å². The summed E-state index contributed by atoms with van der Waals surface area (Å²) in [6.07, 6.45) is 1.80. The zero-order valence-corrected chi connectivity index (χ0v) is 10.8. The van der Waals surface area contributed by atoms with Crippen molar-refractivity contribution in [2.75, 3.05) is 6.61 Å². The lowest BCUT2D eigenvalue weighted by molar-refractivity contribution is 0.112. The van der Waals surface area contributed by atoms with Gasteiger partial charge in [-0.2, -0.15) is 0 Å². The van der Waals surface area contributed by atoms with Gasteiger partial charge in [-0.1, -0.05) is 6.92 Å². The number of aldehydes is 1. The maximum absolute atomic E-state index is 10.5. The van der Waals surface area contributed by atoms with E-state index in [1.807, 2.05) is 24.3 Å². The Hall–Kier alpha value is -2.29. The van der Waals surface area contributed by atoms with Crippen molar-refractivity contribution < 1.29 is 14.3 Å². The molecule has 3 heteroatoms. The summed E-state index contributed by atoms with van der Waals surface area (Å²) >= 11 is 0. The normalized spacial score (nSPS) is 9.95. The Labute approximate surface area is 112 Å². The molecule has 0 aliphatic rings. The molecular formula is C16H16O3. The molecule has 0 spiro atoms. The number of carbonyl (C=O) groups excluding carboxylic acids is 1. The molecule has 0 unspecified atom stereocenters. The standard InChI is InChI=1S/C16H16O3/c1-2-11-18-14-7-9-16(10-8-14)19-15-5-3-13(12-17)4-6-15/h3-10,12H,2,11H2,1H3. The average Bonchev–Trinajstić information content (AvgIpc) is 2.47. The molecule has 0 fully saturated rings. The van der Waals surface area contributed by atoms with Crippen LogP contribution in [0.1, 0.15) is 23.7 Å². The van der Waals surface area contributed by atoms with Crippen LogP contribution in [0.25, 0.3) is 0 Å². The van der Waals surface area contributed by atoms with Crippen LogP contribution in [0.5, 0.6) is 17.2 Å².